The van der Waals surface area contributed by atoms with Crippen LogP contribution in [-0.2, 0) is 11.3 Å². The summed E-state index contributed by atoms with van der Waals surface area (Å²) in [5.41, 5.74) is 3.72. The first-order valence-corrected chi connectivity index (χ1v) is 7.93. The minimum absolute atomic E-state index is 0.314. The lowest BCUT2D eigenvalue weighted by atomic mass is 9.92. The standard InChI is InChI=1S/C16H27N3O2/c1-5-19-13(4)16(11(2)17-19)12(3)18-8-6-14(7-9-18)10-15(20)21/h12,14H,5-10H2,1-4H3,(H,20,21). The van der Waals surface area contributed by atoms with E-state index in [2.05, 4.69) is 42.4 Å². The van der Waals surface area contributed by atoms with Crippen LogP contribution in [0.15, 0.2) is 0 Å². The van der Waals surface area contributed by atoms with Crippen LogP contribution in [0.1, 0.15) is 56.1 Å². The third kappa shape index (κ3) is 3.46. The van der Waals surface area contributed by atoms with Crippen molar-refractivity contribution < 1.29 is 9.90 Å². The van der Waals surface area contributed by atoms with Gasteiger partial charge in [0, 0.05) is 30.3 Å². The molecule has 1 aromatic heterocycles. The first-order chi connectivity index (χ1) is 9.93. The minimum Gasteiger partial charge on any atom is -0.481 e. The first-order valence-electron chi connectivity index (χ1n) is 7.93. The monoisotopic (exact) mass is 293 g/mol. The Morgan fingerprint density at radius 3 is 2.48 bits per heavy atom. The highest BCUT2D eigenvalue weighted by Crippen LogP contribution is 2.31. The highest BCUT2D eigenvalue weighted by atomic mass is 16.4. The zero-order chi connectivity index (χ0) is 15.6. The van der Waals surface area contributed by atoms with Crippen LogP contribution in [-0.4, -0.2) is 38.8 Å². The quantitative estimate of drug-likeness (QED) is 0.907. The molecule has 1 atom stereocenters. The first kappa shape index (κ1) is 16.0. The van der Waals surface area contributed by atoms with Gasteiger partial charge in [-0.2, -0.15) is 5.10 Å². The zero-order valence-corrected chi connectivity index (χ0v) is 13.6. The van der Waals surface area contributed by atoms with Gasteiger partial charge in [-0.25, -0.2) is 0 Å². The third-order valence-electron chi connectivity index (χ3n) is 4.81. The molecule has 0 spiro atoms. The smallest absolute Gasteiger partial charge is 0.303 e. The molecule has 2 heterocycles. The van der Waals surface area contributed by atoms with Gasteiger partial charge in [0.05, 0.1) is 5.69 Å². The molecule has 5 heteroatoms. The fraction of sp³-hybridized carbons (Fsp3) is 0.750. The number of likely N-dealkylation sites (tertiary alicyclic amines) is 1. The molecular formula is C16H27N3O2. The number of aryl methyl sites for hydroxylation is 2. The van der Waals surface area contributed by atoms with Crippen molar-refractivity contribution in [3.8, 4) is 0 Å². The van der Waals surface area contributed by atoms with Crippen LogP contribution in [0.25, 0.3) is 0 Å². The largest absolute Gasteiger partial charge is 0.481 e. The highest BCUT2D eigenvalue weighted by molar-refractivity contribution is 5.67. The molecule has 0 amide bonds. The molecule has 0 aromatic carbocycles. The molecule has 1 aliphatic rings. The van der Waals surface area contributed by atoms with Crippen LogP contribution >= 0.6 is 0 Å². The predicted molar refractivity (Wildman–Crippen MR) is 82.3 cm³/mol. The molecule has 1 N–H and O–H groups in total. The average molecular weight is 293 g/mol. The van der Waals surface area contributed by atoms with E-state index in [-0.39, 0.29) is 0 Å². The van der Waals surface area contributed by atoms with Crippen molar-refractivity contribution in [3.05, 3.63) is 17.0 Å². The fourth-order valence-electron chi connectivity index (χ4n) is 3.60. The lowest BCUT2D eigenvalue weighted by Gasteiger charge is -2.36. The topological polar surface area (TPSA) is 58.4 Å². The van der Waals surface area contributed by atoms with Gasteiger partial charge in [0.2, 0.25) is 0 Å². The number of rotatable bonds is 5. The van der Waals surface area contributed by atoms with E-state index >= 15 is 0 Å². The van der Waals surface area contributed by atoms with Gasteiger partial charge in [-0.1, -0.05) is 0 Å². The van der Waals surface area contributed by atoms with Crippen molar-refractivity contribution in [2.45, 2.75) is 59.5 Å². The highest BCUT2D eigenvalue weighted by Gasteiger charge is 2.27. The average Bonchev–Trinajstić information content (AvgIpc) is 2.73. The number of piperidine rings is 1. The lowest BCUT2D eigenvalue weighted by Crippen LogP contribution is -2.36. The Labute approximate surface area is 126 Å². The lowest BCUT2D eigenvalue weighted by molar-refractivity contribution is -0.138. The molecule has 21 heavy (non-hydrogen) atoms. The Balaban J connectivity index is 2.03. The Bertz CT molecular complexity index is 502. The number of hydrogen-bond donors (Lipinski definition) is 1. The van der Waals surface area contributed by atoms with Crippen LogP contribution in [0.2, 0.25) is 0 Å². The predicted octanol–water partition coefficient (Wildman–Crippen LogP) is 2.77. The summed E-state index contributed by atoms with van der Waals surface area (Å²) in [5.74, 6) is -0.330. The van der Waals surface area contributed by atoms with Crippen LogP contribution in [0.4, 0.5) is 0 Å². The summed E-state index contributed by atoms with van der Waals surface area (Å²) in [6.45, 7) is 11.5. The molecule has 118 valence electrons. The van der Waals surface area contributed by atoms with E-state index in [4.69, 9.17) is 5.11 Å². The Morgan fingerprint density at radius 1 is 1.38 bits per heavy atom. The summed E-state index contributed by atoms with van der Waals surface area (Å²) < 4.78 is 2.07. The summed E-state index contributed by atoms with van der Waals surface area (Å²) in [4.78, 5) is 13.3. The van der Waals surface area contributed by atoms with E-state index in [1.165, 1.54) is 11.3 Å². The number of aliphatic carboxylic acids is 1. The minimum atomic E-state index is -0.669. The van der Waals surface area contributed by atoms with Gasteiger partial charge in [-0.3, -0.25) is 14.4 Å². The van der Waals surface area contributed by atoms with Gasteiger partial charge in [0.15, 0.2) is 0 Å². The van der Waals surface area contributed by atoms with Crippen LogP contribution in [0.3, 0.4) is 0 Å². The van der Waals surface area contributed by atoms with Crippen molar-refractivity contribution in [2.75, 3.05) is 13.1 Å². The molecule has 1 unspecified atom stereocenters. The maximum Gasteiger partial charge on any atom is 0.303 e. The number of nitrogens with zero attached hydrogens (tertiary/aromatic N) is 3. The number of aromatic nitrogens is 2. The van der Waals surface area contributed by atoms with E-state index in [9.17, 15) is 4.79 Å². The van der Waals surface area contributed by atoms with Crippen LogP contribution in [0.5, 0.6) is 0 Å². The van der Waals surface area contributed by atoms with E-state index < -0.39 is 5.97 Å². The van der Waals surface area contributed by atoms with Crippen molar-refractivity contribution in [2.24, 2.45) is 5.92 Å². The summed E-state index contributed by atoms with van der Waals surface area (Å²) in [7, 11) is 0. The van der Waals surface area contributed by atoms with E-state index in [0.29, 0.717) is 18.4 Å². The van der Waals surface area contributed by atoms with Gasteiger partial charge >= 0.3 is 5.97 Å². The maximum absolute atomic E-state index is 10.8. The van der Waals surface area contributed by atoms with Gasteiger partial charge in [0.1, 0.15) is 0 Å². The summed E-state index contributed by atoms with van der Waals surface area (Å²) in [6.07, 6.45) is 2.28. The van der Waals surface area contributed by atoms with E-state index in [1.807, 2.05) is 0 Å². The second kappa shape index (κ2) is 6.60. The summed E-state index contributed by atoms with van der Waals surface area (Å²) in [6, 6.07) is 0.357. The number of hydrogen-bond acceptors (Lipinski definition) is 3. The van der Waals surface area contributed by atoms with Gasteiger partial charge in [-0.05, 0) is 59.5 Å². The molecule has 0 aliphatic carbocycles. The Hall–Kier alpha value is -1.36. The Morgan fingerprint density at radius 2 is 2.00 bits per heavy atom. The van der Waals surface area contributed by atoms with E-state index in [1.54, 1.807) is 0 Å². The van der Waals surface area contributed by atoms with Gasteiger partial charge in [-0.15, -0.1) is 0 Å². The number of carbonyl (C=O) groups is 1. The van der Waals surface area contributed by atoms with Crippen molar-refractivity contribution >= 4 is 5.97 Å². The molecule has 0 bridgehead atoms. The fourth-order valence-corrected chi connectivity index (χ4v) is 3.60. The molecule has 1 aliphatic heterocycles. The molecule has 1 aromatic rings. The second-order valence-electron chi connectivity index (χ2n) is 6.15. The van der Waals surface area contributed by atoms with Crippen LogP contribution in [0, 0.1) is 19.8 Å². The van der Waals surface area contributed by atoms with Crippen molar-refractivity contribution in [3.63, 3.8) is 0 Å². The summed E-state index contributed by atoms with van der Waals surface area (Å²) in [5, 5.41) is 13.5. The SMILES string of the molecule is CCn1nc(C)c(C(C)N2CCC(CC(=O)O)CC2)c1C. The van der Waals surface area contributed by atoms with Crippen LogP contribution < -0.4 is 0 Å². The number of carboxylic acid groups (broad SMARTS) is 1. The molecule has 1 fully saturated rings. The molecule has 0 saturated carbocycles. The van der Waals surface area contributed by atoms with E-state index in [0.717, 1.165) is 38.2 Å². The normalized spacial score (nSPS) is 18.9. The van der Waals surface area contributed by atoms with Crippen molar-refractivity contribution in [1.29, 1.82) is 0 Å². The molecule has 0 radical (unpaired) electrons. The van der Waals surface area contributed by atoms with Gasteiger partial charge < -0.3 is 5.11 Å². The molecule has 1 saturated heterocycles. The number of carboxylic acids is 1. The van der Waals surface area contributed by atoms with Crippen molar-refractivity contribution in [1.82, 2.24) is 14.7 Å². The Kier molecular flexibility index (Phi) is 5.04. The summed E-state index contributed by atoms with van der Waals surface area (Å²) >= 11 is 0. The zero-order valence-electron chi connectivity index (χ0n) is 13.6. The molecular weight excluding hydrogens is 266 g/mol. The maximum atomic E-state index is 10.8. The molecule has 2 rings (SSSR count). The second-order valence-corrected chi connectivity index (χ2v) is 6.15. The molecule has 5 nitrogen and oxygen atoms in total. The third-order valence-corrected chi connectivity index (χ3v) is 4.81. The van der Waals surface area contributed by atoms with Gasteiger partial charge in [0.25, 0.3) is 0 Å².